The number of aromatic nitrogens is 1. The summed E-state index contributed by atoms with van der Waals surface area (Å²) in [6, 6.07) is 15.0. The van der Waals surface area contributed by atoms with E-state index in [9.17, 15) is 14.0 Å². The Morgan fingerprint density at radius 1 is 1.17 bits per heavy atom. The van der Waals surface area contributed by atoms with Crippen LogP contribution in [0, 0.1) is 5.82 Å². The van der Waals surface area contributed by atoms with E-state index in [1.165, 1.54) is 18.2 Å². The minimum absolute atomic E-state index is 0.161. The van der Waals surface area contributed by atoms with Gasteiger partial charge in [0.05, 0.1) is 12.2 Å². The van der Waals surface area contributed by atoms with Crippen LogP contribution in [-0.4, -0.2) is 30.1 Å². The third kappa shape index (κ3) is 6.94. The lowest BCUT2D eigenvalue weighted by molar-refractivity contribution is -0.116. The molecule has 0 saturated heterocycles. The molecule has 2 aromatic carbocycles. The van der Waals surface area contributed by atoms with Gasteiger partial charge in [-0.15, -0.1) is 0 Å². The van der Waals surface area contributed by atoms with Gasteiger partial charge < -0.3 is 16.4 Å². The van der Waals surface area contributed by atoms with Crippen molar-refractivity contribution in [3.63, 3.8) is 0 Å². The highest BCUT2D eigenvalue weighted by Gasteiger charge is 2.10. The zero-order valence-corrected chi connectivity index (χ0v) is 19.3. The molecule has 0 atom stereocenters. The van der Waals surface area contributed by atoms with Crippen LogP contribution < -0.4 is 16.4 Å². The topological polar surface area (TPSA) is 109 Å². The Morgan fingerprint density at radius 2 is 1.94 bits per heavy atom. The number of halogens is 1. The van der Waals surface area contributed by atoms with Crippen molar-refractivity contribution in [1.82, 2.24) is 15.6 Å². The molecule has 4 N–H and O–H groups in total. The fourth-order valence-corrected chi connectivity index (χ4v) is 3.26. The number of hydrogen-bond donors (Lipinski definition) is 3. The quantitative estimate of drug-likeness (QED) is 0.327. The predicted octanol–water partition coefficient (Wildman–Crippen LogP) is 3.62. The lowest BCUT2D eigenvalue weighted by Gasteiger charge is -2.12. The first-order valence-electron chi connectivity index (χ1n) is 10.8. The lowest BCUT2D eigenvalue weighted by Crippen LogP contribution is -2.21. The van der Waals surface area contributed by atoms with Crippen LogP contribution in [0.1, 0.15) is 27.0 Å². The lowest BCUT2D eigenvalue weighted by atomic mass is 10.0. The Kier molecular flexibility index (Phi) is 8.61. The van der Waals surface area contributed by atoms with Gasteiger partial charge in [0.1, 0.15) is 5.82 Å². The molecule has 0 aliphatic heterocycles. The summed E-state index contributed by atoms with van der Waals surface area (Å²) in [6.07, 6.45) is 6.06. The molecule has 0 aliphatic carbocycles. The van der Waals surface area contributed by atoms with Crippen molar-refractivity contribution >= 4 is 23.7 Å². The molecule has 35 heavy (non-hydrogen) atoms. The highest BCUT2D eigenvalue weighted by atomic mass is 19.1. The highest BCUT2D eigenvalue weighted by Crippen LogP contribution is 2.23. The second kappa shape index (κ2) is 12.0. The second-order valence-electron chi connectivity index (χ2n) is 7.55. The number of nitrogens with one attached hydrogen (secondary N) is 2. The van der Waals surface area contributed by atoms with E-state index in [0.717, 1.165) is 11.1 Å². The second-order valence-corrected chi connectivity index (χ2v) is 7.55. The molecule has 0 unspecified atom stereocenters. The van der Waals surface area contributed by atoms with Crippen molar-refractivity contribution in [2.75, 3.05) is 7.05 Å². The molecular weight excluding hydrogens is 445 g/mol. The number of rotatable bonds is 9. The number of aliphatic imine (C=N–C) groups is 1. The summed E-state index contributed by atoms with van der Waals surface area (Å²) in [5, 5.41) is 5.32. The third-order valence-electron chi connectivity index (χ3n) is 5.13. The summed E-state index contributed by atoms with van der Waals surface area (Å²) in [5.41, 5.74) is 10.9. The van der Waals surface area contributed by atoms with Crippen molar-refractivity contribution in [1.29, 1.82) is 0 Å². The van der Waals surface area contributed by atoms with Crippen LogP contribution in [0.2, 0.25) is 0 Å². The molecule has 178 valence electrons. The van der Waals surface area contributed by atoms with Crippen LogP contribution in [-0.2, 0) is 17.9 Å². The van der Waals surface area contributed by atoms with E-state index in [1.807, 2.05) is 6.07 Å². The number of nitrogens with two attached hydrogens (primary N) is 1. The van der Waals surface area contributed by atoms with E-state index >= 15 is 0 Å². The molecule has 3 rings (SSSR count). The zero-order chi connectivity index (χ0) is 25.2. The molecule has 0 bridgehead atoms. The number of carbonyl (C=O) groups excluding carboxylic acids is 2. The van der Waals surface area contributed by atoms with Crippen LogP contribution in [0.25, 0.3) is 17.0 Å². The van der Waals surface area contributed by atoms with Crippen LogP contribution in [0.15, 0.2) is 84.5 Å². The molecule has 2 amide bonds. The summed E-state index contributed by atoms with van der Waals surface area (Å²) in [4.78, 5) is 32.3. The normalized spacial score (nSPS) is 11.3. The van der Waals surface area contributed by atoms with Gasteiger partial charge in [0.2, 0.25) is 5.91 Å². The smallest absolute Gasteiger partial charge is 0.251 e. The number of nitrogens with zero attached hydrogens (tertiary/aromatic N) is 2. The number of carbonyl (C=O) groups is 2. The van der Waals surface area contributed by atoms with Crippen LogP contribution in [0.5, 0.6) is 0 Å². The van der Waals surface area contributed by atoms with E-state index < -0.39 is 0 Å². The number of amides is 2. The molecule has 0 radical (unpaired) electrons. The standard InChI is InChI=1S/C27H26FN5O2/c1-3-26(34)33-17-21-16-32-25(19-7-9-22(28)10-8-19)14-23(21)24(29)11-12-31-15-18-5-4-6-20(13-18)27(35)30-2/h3-14,16H,1,15,17,29H2,2H3,(H,30,35)(H,33,34)/b24-11-,31-12?. The van der Waals surface area contributed by atoms with Gasteiger partial charge >= 0.3 is 0 Å². The largest absolute Gasteiger partial charge is 0.398 e. The fraction of sp³-hybridized carbons (Fsp3) is 0.111. The van der Waals surface area contributed by atoms with E-state index in [0.29, 0.717) is 34.6 Å². The Bertz CT molecular complexity index is 1280. The third-order valence-corrected chi connectivity index (χ3v) is 5.13. The Balaban J connectivity index is 1.84. The predicted molar refractivity (Wildman–Crippen MR) is 136 cm³/mol. The molecule has 1 heterocycles. The summed E-state index contributed by atoms with van der Waals surface area (Å²) in [5.74, 6) is -0.818. The maximum Gasteiger partial charge on any atom is 0.251 e. The molecule has 0 saturated carbocycles. The number of pyridine rings is 1. The van der Waals surface area contributed by atoms with Crippen molar-refractivity contribution in [2.24, 2.45) is 10.7 Å². The van der Waals surface area contributed by atoms with Gasteiger partial charge in [-0.3, -0.25) is 19.6 Å². The maximum atomic E-state index is 13.3. The average molecular weight is 472 g/mol. The Labute approximate surface area is 203 Å². The fourth-order valence-electron chi connectivity index (χ4n) is 3.26. The van der Waals surface area contributed by atoms with E-state index in [4.69, 9.17) is 5.73 Å². The zero-order valence-electron chi connectivity index (χ0n) is 19.3. The number of benzene rings is 2. The van der Waals surface area contributed by atoms with Gasteiger partial charge in [-0.1, -0.05) is 18.7 Å². The molecule has 0 spiro atoms. The van der Waals surface area contributed by atoms with Crippen molar-refractivity contribution < 1.29 is 14.0 Å². The van der Waals surface area contributed by atoms with Gasteiger partial charge in [0.25, 0.3) is 5.91 Å². The van der Waals surface area contributed by atoms with E-state index in [1.54, 1.807) is 61.9 Å². The molecule has 0 aliphatic rings. The molecule has 7 nitrogen and oxygen atoms in total. The average Bonchev–Trinajstić information content (AvgIpc) is 2.89. The molecule has 0 fully saturated rings. The van der Waals surface area contributed by atoms with Crippen molar-refractivity contribution in [3.05, 3.63) is 108 Å². The summed E-state index contributed by atoms with van der Waals surface area (Å²) in [7, 11) is 1.58. The minimum atomic E-state index is -0.339. The van der Waals surface area contributed by atoms with Gasteiger partial charge in [0.15, 0.2) is 0 Å². The molecular formula is C27H26FN5O2. The van der Waals surface area contributed by atoms with Gasteiger partial charge in [-0.25, -0.2) is 4.39 Å². The van der Waals surface area contributed by atoms with Crippen molar-refractivity contribution in [3.8, 4) is 11.3 Å². The van der Waals surface area contributed by atoms with Crippen molar-refractivity contribution in [2.45, 2.75) is 13.1 Å². The summed E-state index contributed by atoms with van der Waals surface area (Å²) >= 11 is 0. The first-order chi connectivity index (χ1) is 16.9. The summed E-state index contributed by atoms with van der Waals surface area (Å²) < 4.78 is 13.3. The molecule has 1 aromatic heterocycles. The Hall–Kier alpha value is -4.59. The van der Waals surface area contributed by atoms with E-state index in [-0.39, 0.29) is 24.2 Å². The number of hydrogen-bond acceptors (Lipinski definition) is 5. The van der Waals surface area contributed by atoms with Gasteiger partial charge in [-0.05, 0) is 65.7 Å². The highest BCUT2D eigenvalue weighted by molar-refractivity contribution is 5.94. The minimum Gasteiger partial charge on any atom is -0.398 e. The first kappa shape index (κ1) is 25.0. The van der Waals surface area contributed by atoms with E-state index in [2.05, 4.69) is 27.2 Å². The van der Waals surface area contributed by atoms with Crippen LogP contribution in [0.4, 0.5) is 4.39 Å². The van der Waals surface area contributed by atoms with Crippen LogP contribution in [0.3, 0.4) is 0 Å². The van der Waals surface area contributed by atoms with Gasteiger partial charge in [0, 0.05) is 48.4 Å². The maximum absolute atomic E-state index is 13.3. The SMILES string of the molecule is C=CC(=O)NCc1cnc(-c2ccc(F)cc2)cc1/C(N)=C/C=NCc1cccc(C(=O)NC)c1. The number of allylic oxidation sites excluding steroid dienone is 1. The van der Waals surface area contributed by atoms with Gasteiger partial charge in [-0.2, -0.15) is 0 Å². The summed E-state index contributed by atoms with van der Waals surface area (Å²) in [6.45, 7) is 4.02. The monoisotopic (exact) mass is 471 g/mol. The first-order valence-corrected chi connectivity index (χ1v) is 10.8. The molecule has 8 heteroatoms. The van der Waals surface area contributed by atoms with Crippen LogP contribution >= 0.6 is 0 Å². The molecule has 3 aromatic rings. The Morgan fingerprint density at radius 3 is 2.66 bits per heavy atom.